The summed E-state index contributed by atoms with van der Waals surface area (Å²) in [5, 5.41) is 120. The van der Waals surface area contributed by atoms with Gasteiger partial charge in [-0.25, -0.2) is 0 Å². The summed E-state index contributed by atoms with van der Waals surface area (Å²) in [7, 11) is 0. The van der Waals surface area contributed by atoms with Gasteiger partial charge in [-0.15, -0.1) is 0 Å². The molecule has 17 atom stereocenters. The summed E-state index contributed by atoms with van der Waals surface area (Å²) < 4.78 is 34.3. The minimum absolute atomic E-state index is 0.235. The van der Waals surface area contributed by atoms with E-state index in [2.05, 4.69) is 43.5 Å². The molecule has 19 heteroatoms. The number of carbonyl (C=O) groups excluding carboxylic acids is 1. The average molecular weight is 1200 g/mol. The highest BCUT2D eigenvalue weighted by Crippen LogP contribution is 2.33. The van der Waals surface area contributed by atoms with Gasteiger partial charge in [0.2, 0.25) is 5.91 Å². The third-order valence-corrected chi connectivity index (χ3v) is 16.7. The third kappa shape index (κ3) is 30.5. The molecule has 0 radical (unpaired) electrons. The number of amides is 1. The smallest absolute Gasteiger partial charge is 0.220 e. The van der Waals surface area contributed by atoms with Crippen LogP contribution in [0.5, 0.6) is 0 Å². The van der Waals surface area contributed by atoms with Crippen molar-refractivity contribution in [3.05, 3.63) is 36.5 Å². The molecular weight excluding hydrogens is 1080 g/mol. The number of carbonyl (C=O) groups is 1. The fraction of sp³-hybridized carbons (Fsp3) is 0.892. The largest absolute Gasteiger partial charge is 0.394 e. The predicted molar refractivity (Wildman–Crippen MR) is 323 cm³/mol. The number of ether oxygens (including phenoxy) is 6. The zero-order valence-corrected chi connectivity index (χ0v) is 51.6. The number of hydrogen-bond acceptors (Lipinski definition) is 18. The first kappa shape index (κ1) is 76.3. The van der Waals surface area contributed by atoms with E-state index < -0.39 is 124 Å². The first-order valence-corrected chi connectivity index (χ1v) is 33.2. The molecule has 492 valence electrons. The van der Waals surface area contributed by atoms with Gasteiger partial charge >= 0.3 is 0 Å². The second-order valence-corrected chi connectivity index (χ2v) is 23.9. The van der Waals surface area contributed by atoms with Crippen molar-refractivity contribution in [2.75, 3.05) is 26.4 Å². The van der Waals surface area contributed by atoms with Crippen LogP contribution >= 0.6 is 0 Å². The van der Waals surface area contributed by atoms with Gasteiger partial charge in [-0.3, -0.25) is 4.79 Å². The summed E-state index contributed by atoms with van der Waals surface area (Å²) >= 11 is 0. The molecule has 3 aliphatic heterocycles. The Morgan fingerprint density at radius 3 is 1.24 bits per heavy atom. The zero-order chi connectivity index (χ0) is 61.2. The molecule has 12 N–H and O–H groups in total. The standard InChI is InChI=1S/C65H119NO18/c1-3-5-7-9-11-13-15-17-19-21-22-23-24-25-27-28-30-32-34-36-38-40-42-49(70)48(66-53(71)43-41-39-37-35-33-31-29-26-20-18-16-14-12-10-8-6-4-2)47-79-63-59(77)56(74)61(51(45-68)81-63)84-65-60(78)57(75)62(52(46-69)82-65)83-64-58(76)55(73)54(72)50(44-67)80-64/h12,14,18,20,40,42,48-52,54-65,67-70,72-78H,3-11,13,15-17,19,21-39,41,43-47H2,1-2H3,(H,66,71)/b14-12-,20-18-,42-40+. The van der Waals surface area contributed by atoms with Crippen molar-refractivity contribution in [1.29, 1.82) is 0 Å². The van der Waals surface area contributed by atoms with Gasteiger partial charge in [0, 0.05) is 6.42 Å². The SMILES string of the molecule is CCCCC/C=C\C/C=C\CCCCCCCCCC(=O)NC(COC1OC(CO)C(OC2OC(CO)C(OC3OC(CO)C(O)C(O)C3O)C(O)C2O)C(O)C1O)C(O)/C=C/CCCCCCCCCCCCCCCCCCCCCC. The van der Waals surface area contributed by atoms with Crippen molar-refractivity contribution in [3.63, 3.8) is 0 Å². The van der Waals surface area contributed by atoms with Crippen LogP contribution in [-0.2, 0) is 33.2 Å². The summed E-state index contributed by atoms with van der Waals surface area (Å²) in [5.74, 6) is -0.283. The Hall–Kier alpha value is -1.99. The highest BCUT2D eigenvalue weighted by molar-refractivity contribution is 5.76. The number of nitrogens with one attached hydrogen (secondary N) is 1. The Bertz CT molecular complexity index is 1670. The molecule has 3 fully saturated rings. The Morgan fingerprint density at radius 1 is 0.429 bits per heavy atom. The summed E-state index contributed by atoms with van der Waals surface area (Å²) in [4.78, 5) is 13.4. The molecule has 0 aromatic carbocycles. The van der Waals surface area contributed by atoms with Crippen LogP contribution < -0.4 is 5.32 Å². The summed E-state index contributed by atoms with van der Waals surface area (Å²) in [6.07, 6.45) is 26.8. The number of hydrogen-bond donors (Lipinski definition) is 12. The van der Waals surface area contributed by atoms with Crippen LogP contribution in [0.15, 0.2) is 36.5 Å². The van der Waals surface area contributed by atoms with Gasteiger partial charge in [-0.1, -0.05) is 217 Å². The van der Waals surface area contributed by atoms with Crippen LogP contribution in [-0.4, -0.2) is 193 Å². The Labute approximate surface area is 504 Å². The lowest BCUT2D eigenvalue weighted by molar-refractivity contribution is -0.379. The van der Waals surface area contributed by atoms with Crippen molar-refractivity contribution < 1.29 is 89.4 Å². The first-order chi connectivity index (χ1) is 40.8. The van der Waals surface area contributed by atoms with Gasteiger partial charge in [0.15, 0.2) is 18.9 Å². The number of unbranched alkanes of at least 4 members (excludes halogenated alkanes) is 30. The van der Waals surface area contributed by atoms with E-state index in [9.17, 15) is 61.0 Å². The summed E-state index contributed by atoms with van der Waals surface area (Å²) in [6, 6.07) is -0.977. The Kier molecular flexibility index (Phi) is 43.5. The van der Waals surface area contributed by atoms with Crippen molar-refractivity contribution in [2.45, 2.75) is 343 Å². The molecule has 3 aliphatic rings. The molecule has 0 saturated carbocycles. The zero-order valence-electron chi connectivity index (χ0n) is 51.6. The van der Waals surface area contributed by atoms with Crippen LogP contribution in [0.3, 0.4) is 0 Å². The molecule has 0 aromatic heterocycles. The third-order valence-electron chi connectivity index (χ3n) is 16.7. The Balaban J connectivity index is 1.47. The summed E-state index contributed by atoms with van der Waals surface area (Å²) in [6.45, 7) is 1.71. The first-order valence-electron chi connectivity index (χ1n) is 33.2. The van der Waals surface area contributed by atoms with E-state index in [1.165, 1.54) is 128 Å². The van der Waals surface area contributed by atoms with Gasteiger partial charge < -0.3 is 89.9 Å². The molecule has 3 saturated heterocycles. The fourth-order valence-electron chi connectivity index (χ4n) is 11.2. The minimum atomic E-state index is -1.98. The van der Waals surface area contributed by atoms with Crippen LogP contribution in [0.4, 0.5) is 0 Å². The second-order valence-electron chi connectivity index (χ2n) is 23.9. The van der Waals surface area contributed by atoms with Crippen LogP contribution in [0.25, 0.3) is 0 Å². The highest BCUT2D eigenvalue weighted by atomic mass is 16.8. The van der Waals surface area contributed by atoms with Crippen LogP contribution in [0, 0.1) is 0 Å². The normalized spacial score (nSPS) is 29.4. The van der Waals surface area contributed by atoms with Crippen molar-refractivity contribution in [2.24, 2.45) is 0 Å². The molecule has 3 heterocycles. The lowest BCUT2D eigenvalue weighted by atomic mass is 9.96. The molecule has 84 heavy (non-hydrogen) atoms. The maximum absolute atomic E-state index is 13.4. The van der Waals surface area contributed by atoms with Gasteiger partial charge in [0.1, 0.15) is 73.2 Å². The van der Waals surface area contributed by atoms with E-state index in [0.29, 0.717) is 6.42 Å². The molecular formula is C65H119NO18. The van der Waals surface area contributed by atoms with E-state index in [1.54, 1.807) is 6.08 Å². The number of aliphatic hydroxyl groups is 11. The molecule has 19 nitrogen and oxygen atoms in total. The molecule has 17 unspecified atom stereocenters. The van der Waals surface area contributed by atoms with E-state index in [0.717, 1.165) is 83.5 Å². The van der Waals surface area contributed by atoms with Crippen LogP contribution in [0.2, 0.25) is 0 Å². The van der Waals surface area contributed by atoms with E-state index in [1.807, 2.05) is 6.08 Å². The predicted octanol–water partition coefficient (Wildman–Crippen LogP) is 7.66. The second kappa shape index (κ2) is 47.9. The highest BCUT2D eigenvalue weighted by Gasteiger charge is 2.53. The molecule has 0 spiro atoms. The van der Waals surface area contributed by atoms with Crippen molar-refractivity contribution in [3.8, 4) is 0 Å². The molecule has 0 aliphatic carbocycles. The average Bonchev–Trinajstić information content (AvgIpc) is 2.82. The van der Waals surface area contributed by atoms with Crippen molar-refractivity contribution in [1.82, 2.24) is 5.32 Å². The quantitative estimate of drug-likeness (QED) is 0.0205. The van der Waals surface area contributed by atoms with E-state index >= 15 is 0 Å². The monoisotopic (exact) mass is 1200 g/mol. The minimum Gasteiger partial charge on any atom is -0.394 e. The molecule has 0 aromatic rings. The van der Waals surface area contributed by atoms with Gasteiger partial charge in [0.25, 0.3) is 0 Å². The van der Waals surface area contributed by atoms with Gasteiger partial charge in [-0.05, 0) is 51.4 Å². The lowest BCUT2D eigenvalue weighted by Crippen LogP contribution is -2.66. The summed E-state index contributed by atoms with van der Waals surface area (Å²) in [5.41, 5.74) is 0. The lowest BCUT2D eigenvalue weighted by Gasteiger charge is -2.48. The van der Waals surface area contributed by atoms with Gasteiger partial charge in [-0.2, -0.15) is 0 Å². The van der Waals surface area contributed by atoms with E-state index in [-0.39, 0.29) is 18.9 Å². The number of aliphatic hydroxyl groups excluding tert-OH is 11. The van der Waals surface area contributed by atoms with Crippen molar-refractivity contribution >= 4 is 5.91 Å². The topological polar surface area (TPSA) is 307 Å². The molecule has 0 bridgehead atoms. The van der Waals surface area contributed by atoms with E-state index in [4.69, 9.17) is 28.4 Å². The number of allylic oxidation sites excluding steroid dienone is 5. The maximum Gasteiger partial charge on any atom is 0.220 e. The Morgan fingerprint density at radius 2 is 0.786 bits per heavy atom. The molecule has 1 amide bonds. The molecule has 3 rings (SSSR count). The van der Waals surface area contributed by atoms with Gasteiger partial charge in [0.05, 0.1) is 38.6 Å². The number of rotatable bonds is 50. The van der Waals surface area contributed by atoms with Crippen LogP contribution in [0.1, 0.15) is 239 Å². The fourth-order valence-corrected chi connectivity index (χ4v) is 11.2. The maximum atomic E-state index is 13.4.